The molecule has 0 fully saturated rings. The minimum Gasteiger partial charge on any atom is -0.545 e. The molecule has 104 valence electrons. The van der Waals surface area contributed by atoms with Gasteiger partial charge in [-0.25, -0.2) is 0 Å². The monoisotopic (exact) mass is 306 g/mol. The number of aromatic carboxylic acids is 1. The second kappa shape index (κ2) is 13.3. The smallest absolute Gasteiger partial charge is 0.545 e. The molecule has 2 N–H and O–H groups in total. The number of hydrogen-bond donors (Lipinski definition) is 2. The summed E-state index contributed by atoms with van der Waals surface area (Å²) in [6, 6.07) is 8.06. The van der Waals surface area contributed by atoms with Crippen LogP contribution in [0.5, 0.6) is 0 Å². The fourth-order valence-corrected chi connectivity index (χ4v) is 1.13. The number of benzene rings is 1. The minimum atomic E-state index is -1.13. The van der Waals surface area contributed by atoms with Gasteiger partial charge in [0.15, 0.2) is 0 Å². The molecule has 1 rings (SSSR count). The Labute approximate surface area is 159 Å². The number of aliphatic carboxylic acids is 2. The normalized spacial score (nSPS) is 8.60. The largest absolute Gasteiger partial charge is 1.00 e. The number of hydrogen-bond acceptors (Lipinski definition) is 4. The maximum atomic E-state index is 10.1. The molecular weight excluding hydrogens is 291 g/mol. The Morgan fingerprint density at radius 3 is 1.55 bits per heavy atom. The van der Waals surface area contributed by atoms with E-state index in [2.05, 4.69) is 0 Å². The van der Waals surface area contributed by atoms with Gasteiger partial charge in [0, 0.05) is 12.8 Å². The van der Waals surface area contributed by atoms with Gasteiger partial charge < -0.3 is 20.1 Å². The molecule has 0 saturated carbocycles. The number of carboxylic acid groups (broad SMARTS) is 3. The minimum absolute atomic E-state index is 0. The van der Waals surface area contributed by atoms with Gasteiger partial charge in [0.1, 0.15) is 0 Å². The summed E-state index contributed by atoms with van der Waals surface area (Å²) in [6.45, 7) is 0. The Bertz CT molecular complexity index is 402. The topological polar surface area (TPSA) is 115 Å². The van der Waals surface area contributed by atoms with Crippen molar-refractivity contribution in [3.63, 3.8) is 0 Å². The number of carboxylic acids is 3. The molecule has 0 saturated heterocycles. The van der Waals surface area contributed by atoms with E-state index in [1.165, 1.54) is 12.1 Å². The Kier molecular flexibility index (Phi) is 14.3. The zero-order chi connectivity index (χ0) is 14.7. The first-order chi connectivity index (χ1) is 8.93. The van der Waals surface area contributed by atoms with Crippen LogP contribution in [0, 0.1) is 0 Å². The molecule has 0 atom stereocenters. The zero-order valence-corrected chi connectivity index (χ0v) is 14.4. The molecule has 0 unspecified atom stereocenters. The first kappa shape index (κ1) is 21.6. The quantitative estimate of drug-likeness (QED) is 0.454. The van der Waals surface area contributed by atoms with Crippen LogP contribution < -0.4 is 56.5 Å². The van der Waals surface area contributed by atoms with Crippen molar-refractivity contribution < 1.29 is 81.1 Å². The molecule has 0 heterocycles. The Morgan fingerprint density at radius 1 is 0.900 bits per heavy atom. The molecule has 1 aromatic carbocycles. The van der Waals surface area contributed by atoms with Crippen LogP contribution >= 0.6 is 0 Å². The van der Waals surface area contributed by atoms with Crippen molar-refractivity contribution >= 4 is 17.9 Å². The van der Waals surface area contributed by atoms with Crippen molar-refractivity contribution in [3.8, 4) is 0 Å². The number of carbonyl (C=O) groups excluding carboxylic acids is 1. The predicted octanol–water partition coefficient (Wildman–Crippen LogP) is -2.23. The number of carbonyl (C=O) groups is 3. The molecule has 7 heteroatoms. The van der Waals surface area contributed by atoms with Gasteiger partial charge in [0.2, 0.25) is 0 Å². The van der Waals surface area contributed by atoms with Crippen molar-refractivity contribution in [3.05, 3.63) is 35.9 Å². The van der Waals surface area contributed by atoms with E-state index < -0.39 is 17.9 Å². The van der Waals surface area contributed by atoms with E-state index in [0.29, 0.717) is 12.8 Å². The summed E-state index contributed by atoms with van der Waals surface area (Å²) < 4.78 is 0. The second-order valence-corrected chi connectivity index (χ2v) is 3.65. The fraction of sp³-hybridized carbons (Fsp3) is 0.308. The van der Waals surface area contributed by atoms with Crippen LogP contribution in [0.4, 0.5) is 0 Å². The van der Waals surface area contributed by atoms with Crippen LogP contribution in [0.2, 0.25) is 0 Å². The van der Waals surface area contributed by atoms with Gasteiger partial charge in [0.25, 0.3) is 0 Å². The summed E-state index contributed by atoms with van der Waals surface area (Å²) in [5.74, 6) is -2.87. The van der Waals surface area contributed by atoms with E-state index in [9.17, 15) is 19.5 Å². The van der Waals surface area contributed by atoms with Crippen LogP contribution in [0.1, 0.15) is 36.0 Å². The summed E-state index contributed by atoms with van der Waals surface area (Å²) in [5.41, 5.74) is 0.220. The SMILES string of the molecule is O=C(O)CCCCC(=O)O.O=C([O-])c1ccccc1.[K+]. The summed E-state index contributed by atoms with van der Waals surface area (Å²) in [6.07, 6.45) is 1.02. The molecule has 0 radical (unpaired) electrons. The molecule has 0 amide bonds. The molecule has 0 aliphatic heterocycles. The van der Waals surface area contributed by atoms with Crippen LogP contribution in [-0.2, 0) is 9.59 Å². The fourth-order valence-electron chi connectivity index (χ4n) is 1.13. The molecule has 0 spiro atoms. The first-order valence-corrected chi connectivity index (χ1v) is 5.63. The number of unbranched alkanes of at least 4 members (excludes halogenated alkanes) is 1. The van der Waals surface area contributed by atoms with E-state index in [1.807, 2.05) is 0 Å². The first-order valence-electron chi connectivity index (χ1n) is 5.63. The standard InChI is InChI=1S/C7H6O2.C6H10O4.K/c8-7(9)6-4-2-1-3-5-6;7-5(8)3-1-2-4-6(9)10;/h1-5H,(H,8,9);1-4H2,(H,7,8)(H,9,10);/q;;+1/p-1. The molecule has 0 bridgehead atoms. The van der Waals surface area contributed by atoms with Gasteiger partial charge in [-0.15, -0.1) is 0 Å². The molecule has 1 aromatic rings. The zero-order valence-electron chi connectivity index (χ0n) is 11.2. The second-order valence-electron chi connectivity index (χ2n) is 3.65. The van der Waals surface area contributed by atoms with Crippen LogP contribution in [0.15, 0.2) is 30.3 Å². The average molecular weight is 306 g/mol. The Hall–Kier alpha value is -0.734. The van der Waals surface area contributed by atoms with Crippen molar-refractivity contribution in [2.45, 2.75) is 25.7 Å². The van der Waals surface area contributed by atoms with E-state index >= 15 is 0 Å². The van der Waals surface area contributed by atoms with Gasteiger partial charge in [-0.05, 0) is 18.4 Å². The predicted molar refractivity (Wildman–Crippen MR) is 64.5 cm³/mol. The van der Waals surface area contributed by atoms with Crippen LogP contribution in [-0.4, -0.2) is 28.1 Å². The molecule has 0 aliphatic rings. The number of rotatable bonds is 6. The summed E-state index contributed by atoms with van der Waals surface area (Å²) >= 11 is 0. The summed E-state index contributed by atoms with van der Waals surface area (Å²) in [7, 11) is 0. The maximum absolute atomic E-state index is 10.1. The molecule has 0 aromatic heterocycles. The maximum Gasteiger partial charge on any atom is 1.00 e. The van der Waals surface area contributed by atoms with Gasteiger partial charge >= 0.3 is 63.3 Å². The average Bonchev–Trinajstić information content (AvgIpc) is 2.36. The van der Waals surface area contributed by atoms with Crippen molar-refractivity contribution in [2.24, 2.45) is 0 Å². The van der Waals surface area contributed by atoms with E-state index in [1.54, 1.807) is 18.2 Å². The third kappa shape index (κ3) is 13.7. The molecule has 0 aliphatic carbocycles. The van der Waals surface area contributed by atoms with Crippen molar-refractivity contribution in [2.75, 3.05) is 0 Å². The van der Waals surface area contributed by atoms with Gasteiger partial charge in [0.05, 0.1) is 5.97 Å². The van der Waals surface area contributed by atoms with Crippen molar-refractivity contribution in [1.82, 2.24) is 0 Å². The van der Waals surface area contributed by atoms with Gasteiger partial charge in [-0.3, -0.25) is 9.59 Å². The summed E-state index contributed by atoms with van der Waals surface area (Å²) in [4.78, 5) is 29.9. The molecular formula is C13H15KO6. The Morgan fingerprint density at radius 2 is 1.30 bits per heavy atom. The van der Waals surface area contributed by atoms with Gasteiger partial charge in [-0.1, -0.05) is 30.3 Å². The summed E-state index contributed by atoms with van der Waals surface area (Å²) in [5, 5.41) is 26.4. The van der Waals surface area contributed by atoms with E-state index in [4.69, 9.17) is 10.2 Å². The van der Waals surface area contributed by atoms with Crippen molar-refractivity contribution in [1.29, 1.82) is 0 Å². The van der Waals surface area contributed by atoms with Crippen LogP contribution in [0.3, 0.4) is 0 Å². The van der Waals surface area contributed by atoms with E-state index in [-0.39, 0.29) is 69.8 Å². The van der Waals surface area contributed by atoms with E-state index in [0.717, 1.165) is 0 Å². The molecule has 6 nitrogen and oxygen atoms in total. The molecule has 20 heavy (non-hydrogen) atoms. The van der Waals surface area contributed by atoms with Gasteiger partial charge in [-0.2, -0.15) is 0 Å². The third-order valence-corrected chi connectivity index (χ3v) is 2.04. The van der Waals surface area contributed by atoms with Crippen LogP contribution in [0.25, 0.3) is 0 Å². The third-order valence-electron chi connectivity index (χ3n) is 2.04. The Balaban J connectivity index is 0.